The third-order valence-corrected chi connectivity index (χ3v) is 3.56. The van der Waals surface area contributed by atoms with Gasteiger partial charge < -0.3 is 10.4 Å². The van der Waals surface area contributed by atoms with Crippen LogP contribution in [0.15, 0.2) is 29.2 Å². The zero-order valence-corrected chi connectivity index (χ0v) is 11.5. The number of benzene rings is 1. The molecule has 20 heavy (non-hydrogen) atoms. The lowest BCUT2D eigenvalue weighted by Gasteiger charge is -2.12. The predicted octanol–water partition coefficient (Wildman–Crippen LogP) is 0.296. The van der Waals surface area contributed by atoms with E-state index in [1.165, 1.54) is 24.3 Å². The molecule has 0 aliphatic heterocycles. The molecule has 0 aliphatic rings. The molecule has 1 rings (SSSR count). The molecule has 1 amide bonds. The van der Waals surface area contributed by atoms with Crippen molar-refractivity contribution in [2.45, 2.75) is 17.4 Å². The number of hydrogen-bond acceptors (Lipinski definition) is 4. The van der Waals surface area contributed by atoms with E-state index in [9.17, 15) is 18.0 Å². The Labute approximate surface area is 116 Å². The summed E-state index contributed by atoms with van der Waals surface area (Å²) in [4.78, 5) is 22.7. The second-order valence-electron chi connectivity index (χ2n) is 4.07. The van der Waals surface area contributed by atoms with Gasteiger partial charge in [0.2, 0.25) is 0 Å². The summed E-state index contributed by atoms with van der Waals surface area (Å²) in [5, 5.41) is 11.1. The summed E-state index contributed by atoms with van der Waals surface area (Å²) in [6.07, 6.45) is 5.88. The number of terminal acetylenes is 1. The summed E-state index contributed by atoms with van der Waals surface area (Å²) < 4.78 is 22.8. The van der Waals surface area contributed by atoms with Crippen LogP contribution in [0.4, 0.5) is 0 Å². The highest BCUT2D eigenvalue weighted by atomic mass is 32.2. The molecule has 0 saturated heterocycles. The molecule has 7 heteroatoms. The minimum absolute atomic E-state index is 0.0195. The third kappa shape index (κ3) is 4.10. The molecule has 6 nitrogen and oxygen atoms in total. The van der Waals surface area contributed by atoms with Crippen LogP contribution in [0, 0.1) is 12.3 Å². The third-order valence-electron chi connectivity index (χ3n) is 2.45. The summed E-state index contributed by atoms with van der Waals surface area (Å²) in [6, 6.07) is 4.11. The van der Waals surface area contributed by atoms with Gasteiger partial charge in [-0.05, 0) is 18.2 Å². The highest BCUT2D eigenvalue weighted by molar-refractivity contribution is 7.90. The molecule has 0 saturated carbocycles. The monoisotopic (exact) mass is 295 g/mol. The number of carboxylic acid groups (broad SMARTS) is 1. The van der Waals surface area contributed by atoms with Gasteiger partial charge in [0.25, 0.3) is 5.91 Å². The zero-order chi connectivity index (χ0) is 15.3. The van der Waals surface area contributed by atoms with Gasteiger partial charge >= 0.3 is 5.97 Å². The quantitative estimate of drug-likeness (QED) is 0.761. The molecule has 1 unspecified atom stereocenters. The average molecular weight is 295 g/mol. The Morgan fingerprint density at radius 2 is 2.10 bits per heavy atom. The number of rotatable bonds is 5. The summed E-state index contributed by atoms with van der Waals surface area (Å²) in [6.45, 7) is 0. The molecule has 0 fully saturated rings. The first-order valence-electron chi connectivity index (χ1n) is 5.53. The van der Waals surface area contributed by atoms with E-state index in [2.05, 4.69) is 11.2 Å². The lowest BCUT2D eigenvalue weighted by molar-refractivity contribution is -0.139. The molecule has 106 valence electrons. The van der Waals surface area contributed by atoms with Crippen LogP contribution in [-0.4, -0.2) is 37.7 Å². The lowest BCUT2D eigenvalue weighted by Crippen LogP contribution is -2.40. The maximum atomic E-state index is 11.9. The second-order valence-corrected chi connectivity index (χ2v) is 6.09. The van der Waals surface area contributed by atoms with Gasteiger partial charge in [-0.25, -0.2) is 13.2 Å². The predicted molar refractivity (Wildman–Crippen MR) is 71.9 cm³/mol. The molecule has 0 spiro atoms. The van der Waals surface area contributed by atoms with Gasteiger partial charge in [-0.3, -0.25) is 4.79 Å². The van der Waals surface area contributed by atoms with E-state index in [1.54, 1.807) is 0 Å². The van der Waals surface area contributed by atoms with E-state index in [1.807, 2.05) is 0 Å². The van der Waals surface area contributed by atoms with E-state index in [0.29, 0.717) is 0 Å². The number of nitrogens with one attached hydrogen (secondary N) is 1. The summed E-state index contributed by atoms with van der Waals surface area (Å²) in [5.74, 6) is 0.200. The van der Waals surface area contributed by atoms with Crippen molar-refractivity contribution in [2.75, 3.05) is 6.26 Å². The van der Waals surface area contributed by atoms with Crippen molar-refractivity contribution in [3.63, 3.8) is 0 Å². The Hall–Kier alpha value is -2.33. The van der Waals surface area contributed by atoms with Crippen molar-refractivity contribution in [3.8, 4) is 12.3 Å². The van der Waals surface area contributed by atoms with Crippen LogP contribution < -0.4 is 5.32 Å². The minimum atomic E-state index is -3.44. The van der Waals surface area contributed by atoms with Crippen LogP contribution in [0.2, 0.25) is 0 Å². The summed E-state index contributed by atoms with van der Waals surface area (Å²) in [5.41, 5.74) is 0.0520. The maximum absolute atomic E-state index is 11.9. The van der Waals surface area contributed by atoms with Crippen molar-refractivity contribution < 1.29 is 23.1 Å². The number of aliphatic carboxylic acids is 1. The highest BCUT2D eigenvalue weighted by Crippen LogP contribution is 2.11. The Morgan fingerprint density at radius 3 is 2.60 bits per heavy atom. The molecule has 0 heterocycles. The first-order valence-corrected chi connectivity index (χ1v) is 7.42. The van der Waals surface area contributed by atoms with E-state index in [-0.39, 0.29) is 16.9 Å². The van der Waals surface area contributed by atoms with E-state index in [4.69, 9.17) is 11.5 Å². The Balaban J connectivity index is 2.99. The van der Waals surface area contributed by atoms with Crippen molar-refractivity contribution in [2.24, 2.45) is 0 Å². The summed E-state index contributed by atoms with van der Waals surface area (Å²) >= 11 is 0. The van der Waals surface area contributed by atoms with Gasteiger partial charge in [0.1, 0.15) is 6.04 Å². The normalized spacial score (nSPS) is 12.2. The molecule has 0 aliphatic carbocycles. The van der Waals surface area contributed by atoms with Crippen molar-refractivity contribution in [1.29, 1.82) is 0 Å². The van der Waals surface area contributed by atoms with Crippen LogP contribution in [-0.2, 0) is 14.6 Å². The van der Waals surface area contributed by atoms with Crippen LogP contribution in [0.25, 0.3) is 0 Å². The van der Waals surface area contributed by atoms with Crippen LogP contribution >= 0.6 is 0 Å². The van der Waals surface area contributed by atoms with Gasteiger partial charge in [-0.1, -0.05) is 6.07 Å². The molecule has 1 aromatic carbocycles. The molecule has 1 atom stereocenters. The Bertz CT molecular complexity index is 672. The topological polar surface area (TPSA) is 101 Å². The van der Waals surface area contributed by atoms with Gasteiger partial charge in [0, 0.05) is 18.2 Å². The number of carboxylic acids is 1. The Morgan fingerprint density at radius 1 is 1.45 bits per heavy atom. The molecule has 2 N–H and O–H groups in total. The molecule has 0 radical (unpaired) electrons. The molecule has 1 aromatic rings. The molecular weight excluding hydrogens is 282 g/mol. The van der Waals surface area contributed by atoms with Crippen LogP contribution in [0.3, 0.4) is 0 Å². The number of amides is 1. The fraction of sp³-hybridized carbons (Fsp3) is 0.231. The van der Waals surface area contributed by atoms with E-state index in [0.717, 1.165) is 6.26 Å². The number of carbonyl (C=O) groups is 2. The van der Waals surface area contributed by atoms with E-state index < -0.39 is 27.8 Å². The molecule has 0 aromatic heterocycles. The largest absolute Gasteiger partial charge is 0.480 e. The number of carbonyl (C=O) groups excluding carboxylic acids is 1. The fourth-order valence-electron chi connectivity index (χ4n) is 1.43. The van der Waals surface area contributed by atoms with Crippen LogP contribution in [0.1, 0.15) is 16.8 Å². The smallest absolute Gasteiger partial charge is 0.327 e. The van der Waals surface area contributed by atoms with Gasteiger partial charge in [0.15, 0.2) is 9.84 Å². The van der Waals surface area contributed by atoms with Gasteiger partial charge in [0.05, 0.1) is 4.90 Å². The average Bonchev–Trinajstić information content (AvgIpc) is 2.37. The highest BCUT2D eigenvalue weighted by Gasteiger charge is 2.20. The first kappa shape index (κ1) is 15.7. The van der Waals surface area contributed by atoms with E-state index >= 15 is 0 Å². The number of hydrogen-bond donors (Lipinski definition) is 2. The fourth-order valence-corrected chi connectivity index (χ4v) is 2.09. The zero-order valence-electron chi connectivity index (χ0n) is 10.7. The first-order chi connectivity index (χ1) is 9.25. The van der Waals surface area contributed by atoms with Gasteiger partial charge in [-0.15, -0.1) is 12.3 Å². The standard InChI is InChI=1S/C13H13NO5S/c1-3-5-11(13(16)17)14-12(15)9-6-4-7-10(8-9)20(2,18)19/h1,4,6-8,11H,5H2,2H3,(H,14,15)(H,16,17). The van der Waals surface area contributed by atoms with Crippen LogP contribution in [0.5, 0.6) is 0 Å². The van der Waals surface area contributed by atoms with Crippen molar-refractivity contribution in [3.05, 3.63) is 29.8 Å². The molecular formula is C13H13NO5S. The maximum Gasteiger partial charge on any atom is 0.327 e. The van der Waals surface area contributed by atoms with Gasteiger partial charge in [-0.2, -0.15) is 0 Å². The SMILES string of the molecule is C#CCC(NC(=O)c1cccc(S(C)(=O)=O)c1)C(=O)O. The Kier molecular flexibility index (Phi) is 4.88. The van der Waals surface area contributed by atoms with Crippen molar-refractivity contribution >= 4 is 21.7 Å². The summed E-state index contributed by atoms with van der Waals surface area (Å²) in [7, 11) is -3.44. The van der Waals surface area contributed by atoms with Crippen molar-refractivity contribution in [1.82, 2.24) is 5.32 Å². The minimum Gasteiger partial charge on any atom is -0.480 e. The number of sulfone groups is 1. The molecule has 0 bridgehead atoms. The second kappa shape index (κ2) is 6.21. The lowest BCUT2D eigenvalue weighted by atomic mass is 10.1.